The Labute approximate surface area is 135 Å². The summed E-state index contributed by atoms with van der Waals surface area (Å²) in [5, 5.41) is 10.5. The minimum Gasteiger partial charge on any atom is -0.334 e. The monoisotopic (exact) mass is 333 g/mol. The number of carbonyl (C=O) groups is 1. The molecule has 6 nitrogen and oxygen atoms in total. The highest BCUT2D eigenvalue weighted by molar-refractivity contribution is 7.89. The van der Waals surface area contributed by atoms with Gasteiger partial charge in [0.15, 0.2) is 0 Å². The molecule has 4 N–H and O–H groups in total. The maximum atomic E-state index is 11.7. The number of urea groups is 1. The number of rotatable bonds is 5. The molecular formula is C16H19N3O3S. The van der Waals surface area contributed by atoms with Crippen molar-refractivity contribution in [2.24, 2.45) is 5.14 Å². The highest BCUT2D eigenvalue weighted by Crippen LogP contribution is 2.08. The molecule has 0 saturated carbocycles. The lowest BCUT2D eigenvalue weighted by atomic mass is 10.1. The van der Waals surface area contributed by atoms with Crippen molar-refractivity contribution in [3.05, 3.63) is 65.2 Å². The molecule has 0 heterocycles. The average Bonchev–Trinajstić information content (AvgIpc) is 2.52. The van der Waals surface area contributed by atoms with E-state index in [1.807, 2.05) is 31.2 Å². The molecule has 0 unspecified atom stereocenters. The molecule has 0 aliphatic rings. The summed E-state index contributed by atoms with van der Waals surface area (Å²) in [7, 11) is -3.69. The molecule has 0 aliphatic carbocycles. The molecule has 0 atom stereocenters. The molecule has 2 rings (SSSR count). The normalized spacial score (nSPS) is 11.0. The van der Waals surface area contributed by atoms with Crippen LogP contribution in [0.25, 0.3) is 0 Å². The number of aryl methyl sites for hydroxylation is 1. The molecule has 0 aliphatic heterocycles. The quantitative estimate of drug-likeness (QED) is 0.775. The number of benzene rings is 2. The van der Waals surface area contributed by atoms with Gasteiger partial charge in [-0.05, 0) is 30.2 Å². The fourth-order valence-electron chi connectivity index (χ4n) is 1.93. The third kappa shape index (κ3) is 5.39. The van der Waals surface area contributed by atoms with E-state index in [2.05, 4.69) is 10.6 Å². The standard InChI is InChI=1S/C16H19N3O3S/c1-12-2-4-13(5-3-12)10-18-16(20)19-11-14-6-8-15(9-7-14)23(17,21)22/h2-9H,10-11H2,1H3,(H2,17,21,22)(H2,18,19,20). The Kier molecular flexibility index (Phi) is 5.36. The predicted molar refractivity (Wildman–Crippen MR) is 88.1 cm³/mol. The highest BCUT2D eigenvalue weighted by atomic mass is 32.2. The molecule has 122 valence electrons. The second kappa shape index (κ2) is 7.26. The van der Waals surface area contributed by atoms with Crippen LogP contribution >= 0.6 is 0 Å². The summed E-state index contributed by atoms with van der Waals surface area (Å²) in [4.78, 5) is 11.8. The zero-order valence-corrected chi connectivity index (χ0v) is 13.6. The zero-order valence-electron chi connectivity index (χ0n) is 12.7. The van der Waals surface area contributed by atoms with Crippen LogP contribution in [0.15, 0.2) is 53.4 Å². The number of nitrogens with two attached hydrogens (primary N) is 1. The van der Waals surface area contributed by atoms with E-state index in [9.17, 15) is 13.2 Å². The van der Waals surface area contributed by atoms with Crippen molar-refractivity contribution in [2.75, 3.05) is 0 Å². The Bertz CT molecular complexity index is 769. The Balaban J connectivity index is 1.81. The van der Waals surface area contributed by atoms with Gasteiger partial charge in [-0.25, -0.2) is 18.4 Å². The number of sulfonamides is 1. The van der Waals surface area contributed by atoms with Gasteiger partial charge >= 0.3 is 6.03 Å². The van der Waals surface area contributed by atoms with Gasteiger partial charge in [-0.1, -0.05) is 42.0 Å². The van der Waals surface area contributed by atoms with Crippen LogP contribution in [0.3, 0.4) is 0 Å². The Hall–Kier alpha value is -2.38. The third-order valence-corrected chi connectivity index (χ3v) is 4.21. The van der Waals surface area contributed by atoms with Crippen LogP contribution in [0.1, 0.15) is 16.7 Å². The van der Waals surface area contributed by atoms with Crippen molar-refractivity contribution in [2.45, 2.75) is 24.9 Å². The van der Waals surface area contributed by atoms with Gasteiger partial charge in [-0.3, -0.25) is 0 Å². The topological polar surface area (TPSA) is 101 Å². The van der Waals surface area contributed by atoms with E-state index in [1.165, 1.54) is 17.7 Å². The minimum absolute atomic E-state index is 0.0464. The number of hydrogen-bond acceptors (Lipinski definition) is 3. The van der Waals surface area contributed by atoms with E-state index in [0.29, 0.717) is 13.1 Å². The molecule has 0 saturated heterocycles. The van der Waals surface area contributed by atoms with Crippen molar-refractivity contribution >= 4 is 16.1 Å². The fourth-order valence-corrected chi connectivity index (χ4v) is 2.45. The smallest absolute Gasteiger partial charge is 0.315 e. The molecule has 0 spiro atoms. The molecule has 0 fully saturated rings. The number of nitrogens with one attached hydrogen (secondary N) is 2. The molecule has 0 bridgehead atoms. The van der Waals surface area contributed by atoms with Gasteiger partial charge in [-0.15, -0.1) is 0 Å². The van der Waals surface area contributed by atoms with E-state index < -0.39 is 10.0 Å². The second-order valence-corrected chi connectivity index (χ2v) is 6.77. The Morgan fingerprint density at radius 1 is 0.913 bits per heavy atom. The number of hydrogen-bond donors (Lipinski definition) is 3. The summed E-state index contributed by atoms with van der Waals surface area (Å²) >= 11 is 0. The molecule has 2 aromatic carbocycles. The number of primary sulfonamides is 1. The van der Waals surface area contributed by atoms with E-state index in [0.717, 1.165) is 11.1 Å². The molecule has 0 aromatic heterocycles. The zero-order chi connectivity index (χ0) is 16.9. The van der Waals surface area contributed by atoms with Crippen LogP contribution in [0.5, 0.6) is 0 Å². The lowest BCUT2D eigenvalue weighted by Gasteiger charge is -2.08. The minimum atomic E-state index is -3.69. The third-order valence-electron chi connectivity index (χ3n) is 3.28. The van der Waals surface area contributed by atoms with Crippen LogP contribution < -0.4 is 15.8 Å². The van der Waals surface area contributed by atoms with Crippen LogP contribution in [-0.4, -0.2) is 14.4 Å². The maximum absolute atomic E-state index is 11.7. The molecule has 7 heteroatoms. The first-order chi connectivity index (χ1) is 10.8. The first kappa shape index (κ1) is 17.0. The maximum Gasteiger partial charge on any atom is 0.315 e. The summed E-state index contributed by atoms with van der Waals surface area (Å²) in [5.74, 6) is 0. The van der Waals surface area contributed by atoms with E-state index in [1.54, 1.807) is 12.1 Å². The van der Waals surface area contributed by atoms with Gasteiger partial charge < -0.3 is 10.6 Å². The van der Waals surface area contributed by atoms with E-state index in [4.69, 9.17) is 5.14 Å². The van der Waals surface area contributed by atoms with Gasteiger partial charge in [0.05, 0.1) is 4.90 Å². The summed E-state index contributed by atoms with van der Waals surface area (Å²) in [6, 6.07) is 13.7. The summed E-state index contributed by atoms with van der Waals surface area (Å²) in [5.41, 5.74) is 2.97. The largest absolute Gasteiger partial charge is 0.334 e. The first-order valence-electron chi connectivity index (χ1n) is 7.03. The number of amides is 2. The van der Waals surface area contributed by atoms with E-state index in [-0.39, 0.29) is 10.9 Å². The van der Waals surface area contributed by atoms with Crippen LogP contribution in [0.4, 0.5) is 4.79 Å². The lowest BCUT2D eigenvalue weighted by Crippen LogP contribution is -2.34. The second-order valence-electron chi connectivity index (χ2n) is 5.21. The van der Waals surface area contributed by atoms with Crippen LogP contribution in [0, 0.1) is 6.92 Å². The van der Waals surface area contributed by atoms with Gasteiger partial charge in [0.2, 0.25) is 10.0 Å². The van der Waals surface area contributed by atoms with Crippen molar-refractivity contribution in [3.8, 4) is 0 Å². The van der Waals surface area contributed by atoms with Gasteiger partial charge in [0, 0.05) is 13.1 Å². The number of carbonyl (C=O) groups excluding carboxylic acids is 1. The van der Waals surface area contributed by atoms with Gasteiger partial charge in [0.25, 0.3) is 0 Å². The van der Waals surface area contributed by atoms with Crippen molar-refractivity contribution in [1.82, 2.24) is 10.6 Å². The molecule has 0 radical (unpaired) electrons. The van der Waals surface area contributed by atoms with Crippen molar-refractivity contribution < 1.29 is 13.2 Å². The lowest BCUT2D eigenvalue weighted by molar-refractivity contribution is 0.240. The van der Waals surface area contributed by atoms with E-state index >= 15 is 0 Å². The molecular weight excluding hydrogens is 314 g/mol. The van der Waals surface area contributed by atoms with Crippen molar-refractivity contribution in [3.63, 3.8) is 0 Å². The highest BCUT2D eigenvalue weighted by Gasteiger charge is 2.07. The van der Waals surface area contributed by atoms with Crippen LogP contribution in [0.2, 0.25) is 0 Å². The Morgan fingerprint density at radius 3 is 1.78 bits per heavy atom. The molecule has 23 heavy (non-hydrogen) atoms. The summed E-state index contributed by atoms with van der Waals surface area (Å²) < 4.78 is 22.3. The molecule has 2 amide bonds. The SMILES string of the molecule is Cc1ccc(CNC(=O)NCc2ccc(S(N)(=O)=O)cc2)cc1. The fraction of sp³-hybridized carbons (Fsp3) is 0.188. The average molecular weight is 333 g/mol. The molecule has 2 aromatic rings. The summed E-state index contributed by atoms with van der Waals surface area (Å²) in [6.45, 7) is 2.74. The van der Waals surface area contributed by atoms with Gasteiger partial charge in [0.1, 0.15) is 0 Å². The Morgan fingerprint density at radius 2 is 1.35 bits per heavy atom. The van der Waals surface area contributed by atoms with Crippen LogP contribution in [-0.2, 0) is 23.1 Å². The van der Waals surface area contributed by atoms with Crippen molar-refractivity contribution in [1.29, 1.82) is 0 Å². The van der Waals surface area contributed by atoms with Gasteiger partial charge in [-0.2, -0.15) is 0 Å². The predicted octanol–water partition coefficient (Wildman–Crippen LogP) is 1.64. The summed E-state index contributed by atoms with van der Waals surface area (Å²) in [6.07, 6.45) is 0. The first-order valence-corrected chi connectivity index (χ1v) is 8.58.